The second kappa shape index (κ2) is 11.1. The standard InChI is InChI=1S/C22H32N6O4/c1-3-26-10-12-27(13-11-26)15-21(31)28-9-8-23-22(32)19(28)14-20(30)25-18-6-4-17(5-7-18)24-16(2)29/h4-7,19H,3,8-15H2,1-2H3,(H,23,32)(H,24,29)(H,25,30). The first-order valence-electron chi connectivity index (χ1n) is 11.0. The highest BCUT2D eigenvalue weighted by atomic mass is 16.2. The van der Waals surface area contributed by atoms with Crippen LogP contribution in [0.15, 0.2) is 24.3 Å². The molecule has 1 aromatic rings. The van der Waals surface area contributed by atoms with Crippen LogP contribution in [-0.2, 0) is 19.2 Å². The fourth-order valence-electron chi connectivity index (χ4n) is 3.99. The van der Waals surface area contributed by atoms with Crippen molar-refractivity contribution in [3.05, 3.63) is 24.3 Å². The Hall–Kier alpha value is -2.98. The van der Waals surface area contributed by atoms with Gasteiger partial charge in [-0.2, -0.15) is 0 Å². The highest BCUT2D eigenvalue weighted by molar-refractivity contribution is 5.98. The molecular weight excluding hydrogens is 412 g/mol. The maximum absolute atomic E-state index is 13.0. The molecule has 1 aromatic carbocycles. The van der Waals surface area contributed by atoms with Crippen molar-refractivity contribution in [3.8, 4) is 0 Å². The summed E-state index contributed by atoms with van der Waals surface area (Å²) in [5, 5.41) is 8.17. The first-order valence-corrected chi connectivity index (χ1v) is 11.0. The zero-order valence-corrected chi connectivity index (χ0v) is 18.7. The third-order valence-corrected chi connectivity index (χ3v) is 5.79. The molecule has 2 aliphatic rings. The molecule has 1 unspecified atom stereocenters. The molecule has 4 amide bonds. The highest BCUT2D eigenvalue weighted by Crippen LogP contribution is 2.16. The first kappa shape index (κ1) is 23.7. The number of nitrogens with zero attached hydrogens (tertiary/aromatic N) is 3. The SMILES string of the molecule is CCN1CCN(CC(=O)N2CCNC(=O)C2CC(=O)Nc2ccc(NC(C)=O)cc2)CC1. The zero-order valence-electron chi connectivity index (χ0n) is 18.7. The van der Waals surface area contributed by atoms with Gasteiger partial charge in [-0.05, 0) is 30.8 Å². The molecule has 10 nitrogen and oxygen atoms in total. The highest BCUT2D eigenvalue weighted by Gasteiger charge is 2.35. The van der Waals surface area contributed by atoms with Gasteiger partial charge < -0.3 is 25.8 Å². The molecule has 2 saturated heterocycles. The Labute approximate surface area is 188 Å². The third kappa shape index (κ3) is 6.51. The summed E-state index contributed by atoms with van der Waals surface area (Å²) in [6.07, 6.45) is -0.116. The van der Waals surface area contributed by atoms with Gasteiger partial charge in [0.1, 0.15) is 6.04 Å². The van der Waals surface area contributed by atoms with Crippen LogP contribution in [0.1, 0.15) is 20.3 Å². The lowest BCUT2D eigenvalue weighted by Crippen LogP contribution is -2.60. The van der Waals surface area contributed by atoms with Crippen LogP contribution >= 0.6 is 0 Å². The Morgan fingerprint density at radius 3 is 2.16 bits per heavy atom. The van der Waals surface area contributed by atoms with E-state index >= 15 is 0 Å². The molecule has 2 fully saturated rings. The van der Waals surface area contributed by atoms with Crippen molar-refractivity contribution < 1.29 is 19.2 Å². The molecule has 2 aliphatic heterocycles. The first-order chi connectivity index (χ1) is 15.4. The zero-order chi connectivity index (χ0) is 23.1. The van der Waals surface area contributed by atoms with E-state index < -0.39 is 6.04 Å². The molecule has 0 aliphatic carbocycles. The number of amides is 4. The van der Waals surface area contributed by atoms with E-state index in [0.717, 1.165) is 32.7 Å². The summed E-state index contributed by atoms with van der Waals surface area (Å²) in [6, 6.07) is 5.87. The van der Waals surface area contributed by atoms with Gasteiger partial charge in [-0.25, -0.2) is 0 Å². The van der Waals surface area contributed by atoms with Crippen molar-refractivity contribution in [2.24, 2.45) is 0 Å². The van der Waals surface area contributed by atoms with E-state index in [0.29, 0.717) is 24.5 Å². The Kier molecular flexibility index (Phi) is 8.18. The van der Waals surface area contributed by atoms with Crippen molar-refractivity contribution >= 4 is 35.0 Å². The lowest BCUT2D eigenvalue weighted by atomic mass is 10.1. The summed E-state index contributed by atoms with van der Waals surface area (Å²) in [7, 11) is 0. The normalized spacial score (nSPS) is 19.9. The molecule has 2 heterocycles. The number of rotatable bonds is 7. The molecule has 0 bridgehead atoms. The molecule has 3 N–H and O–H groups in total. The summed E-state index contributed by atoms with van der Waals surface area (Å²) in [5.74, 6) is -0.963. The third-order valence-electron chi connectivity index (χ3n) is 5.79. The minimum Gasteiger partial charge on any atom is -0.353 e. The summed E-state index contributed by atoms with van der Waals surface area (Å²) >= 11 is 0. The second-order valence-corrected chi connectivity index (χ2v) is 8.12. The molecule has 3 rings (SSSR count). The van der Waals surface area contributed by atoms with Gasteiger partial charge >= 0.3 is 0 Å². The van der Waals surface area contributed by atoms with Crippen LogP contribution in [0.3, 0.4) is 0 Å². The summed E-state index contributed by atoms with van der Waals surface area (Å²) in [5.41, 5.74) is 1.17. The largest absolute Gasteiger partial charge is 0.353 e. The predicted octanol–water partition coefficient (Wildman–Crippen LogP) is -0.0619. The van der Waals surface area contributed by atoms with E-state index in [4.69, 9.17) is 0 Å². The summed E-state index contributed by atoms with van der Waals surface area (Å²) in [6.45, 7) is 9.07. The predicted molar refractivity (Wildman–Crippen MR) is 121 cm³/mol. The van der Waals surface area contributed by atoms with E-state index in [1.165, 1.54) is 11.8 Å². The quantitative estimate of drug-likeness (QED) is 0.543. The van der Waals surface area contributed by atoms with E-state index in [2.05, 4.69) is 32.7 Å². The molecule has 1 atom stereocenters. The topological polar surface area (TPSA) is 114 Å². The maximum Gasteiger partial charge on any atom is 0.243 e. The number of anilines is 2. The Bertz CT molecular complexity index is 835. The maximum atomic E-state index is 13.0. The monoisotopic (exact) mass is 444 g/mol. The number of hydrogen-bond donors (Lipinski definition) is 3. The van der Waals surface area contributed by atoms with E-state index in [1.54, 1.807) is 24.3 Å². The summed E-state index contributed by atoms with van der Waals surface area (Å²) in [4.78, 5) is 55.1. The van der Waals surface area contributed by atoms with Crippen LogP contribution in [0.4, 0.5) is 11.4 Å². The van der Waals surface area contributed by atoms with Gasteiger partial charge in [0.05, 0.1) is 13.0 Å². The molecule has 32 heavy (non-hydrogen) atoms. The van der Waals surface area contributed by atoms with Gasteiger partial charge in [-0.15, -0.1) is 0 Å². The van der Waals surface area contributed by atoms with Gasteiger partial charge in [-0.1, -0.05) is 6.92 Å². The van der Waals surface area contributed by atoms with E-state index in [-0.39, 0.29) is 36.6 Å². The summed E-state index contributed by atoms with van der Waals surface area (Å²) < 4.78 is 0. The van der Waals surface area contributed by atoms with Crippen molar-refractivity contribution in [3.63, 3.8) is 0 Å². The van der Waals surface area contributed by atoms with Gasteiger partial charge in [0.15, 0.2) is 0 Å². The molecule has 0 radical (unpaired) electrons. The lowest BCUT2D eigenvalue weighted by Gasteiger charge is -2.38. The van der Waals surface area contributed by atoms with Crippen molar-refractivity contribution in [2.45, 2.75) is 26.3 Å². The van der Waals surface area contributed by atoms with Crippen molar-refractivity contribution in [1.82, 2.24) is 20.0 Å². The molecule has 0 spiro atoms. The second-order valence-electron chi connectivity index (χ2n) is 8.12. The number of piperazine rings is 2. The number of carbonyl (C=O) groups is 4. The molecule has 10 heteroatoms. The van der Waals surface area contributed by atoms with Crippen LogP contribution in [0.2, 0.25) is 0 Å². The fourth-order valence-corrected chi connectivity index (χ4v) is 3.99. The number of carbonyl (C=O) groups excluding carboxylic acids is 4. The number of likely N-dealkylation sites (N-methyl/N-ethyl adjacent to an activating group) is 1. The van der Waals surface area contributed by atoms with E-state index in [1.807, 2.05) is 0 Å². The Morgan fingerprint density at radius 2 is 1.56 bits per heavy atom. The van der Waals surface area contributed by atoms with Gasteiger partial charge in [0.2, 0.25) is 23.6 Å². The number of nitrogens with one attached hydrogen (secondary N) is 3. The smallest absolute Gasteiger partial charge is 0.243 e. The number of hydrogen-bond acceptors (Lipinski definition) is 6. The molecular formula is C22H32N6O4. The van der Waals surface area contributed by atoms with Crippen LogP contribution in [0.5, 0.6) is 0 Å². The van der Waals surface area contributed by atoms with E-state index in [9.17, 15) is 19.2 Å². The van der Waals surface area contributed by atoms with Crippen molar-refractivity contribution in [2.75, 3.05) is 63.0 Å². The minimum absolute atomic E-state index is 0.116. The average Bonchev–Trinajstić information content (AvgIpc) is 2.76. The minimum atomic E-state index is -0.827. The van der Waals surface area contributed by atoms with Gasteiger partial charge in [-0.3, -0.25) is 24.1 Å². The Balaban J connectivity index is 1.56. The molecule has 0 aromatic heterocycles. The molecule has 174 valence electrons. The average molecular weight is 445 g/mol. The molecule has 0 saturated carbocycles. The number of benzene rings is 1. The van der Waals surface area contributed by atoms with Gasteiger partial charge in [0, 0.05) is 57.6 Å². The van der Waals surface area contributed by atoms with Crippen molar-refractivity contribution in [1.29, 1.82) is 0 Å². The van der Waals surface area contributed by atoms with Gasteiger partial charge in [0.25, 0.3) is 0 Å². The van der Waals surface area contributed by atoms with Crippen LogP contribution in [0.25, 0.3) is 0 Å². The van der Waals surface area contributed by atoms with Crippen LogP contribution in [-0.4, -0.2) is 96.7 Å². The fraction of sp³-hybridized carbons (Fsp3) is 0.545. The lowest BCUT2D eigenvalue weighted by molar-refractivity contribution is -0.145. The van der Waals surface area contributed by atoms with Crippen LogP contribution in [0, 0.1) is 0 Å². The van der Waals surface area contributed by atoms with Crippen LogP contribution < -0.4 is 16.0 Å². The Morgan fingerprint density at radius 1 is 0.969 bits per heavy atom.